The molecule has 1 amide bonds. The molecule has 1 fully saturated rings. The van der Waals surface area contributed by atoms with Gasteiger partial charge in [-0.25, -0.2) is 0 Å². The molecule has 0 saturated heterocycles. The minimum Gasteiger partial charge on any atom is -0.398 e. The molecule has 0 bridgehead atoms. The highest BCUT2D eigenvalue weighted by Gasteiger charge is 2.19. The summed E-state index contributed by atoms with van der Waals surface area (Å²) in [5.74, 6) is 1.48. The molecule has 0 spiro atoms. The molecule has 1 heterocycles. The lowest BCUT2D eigenvalue weighted by molar-refractivity contribution is 0.0950. The Kier molecular flexibility index (Phi) is 4.99. The van der Waals surface area contributed by atoms with E-state index in [2.05, 4.69) is 17.2 Å². The number of nitrogens with zero attached hydrogens (tertiary/aromatic N) is 1. The van der Waals surface area contributed by atoms with Crippen molar-refractivity contribution in [1.29, 1.82) is 0 Å². The number of pyridine rings is 1. The van der Waals surface area contributed by atoms with Crippen molar-refractivity contribution in [2.45, 2.75) is 46.0 Å². The SMILES string of the molecule is Cc1cc(N)c(C(=O)NCCC2CCCC(C)C2)cn1. The number of nitrogen functional groups attached to an aromatic ring is 1. The Labute approximate surface area is 121 Å². The summed E-state index contributed by atoms with van der Waals surface area (Å²) in [6.45, 7) is 4.91. The van der Waals surface area contributed by atoms with Crippen LogP contribution in [-0.2, 0) is 0 Å². The summed E-state index contributed by atoms with van der Waals surface area (Å²) in [7, 11) is 0. The van der Waals surface area contributed by atoms with Crippen molar-refractivity contribution >= 4 is 11.6 Å². The Bertz CT molecular complexity index is 473. The first-order chi connectivity index (χ1) is 9.56. The maximum atomic E-state index is 12.1. The van der Waals surface area contributed by atoms with Gasteiger partial charge in [-0.05, 0) is 37.7 Å². The van der Waals surface area contributed by atoms with Gasteiger partial charge in [0.1, 0.15) is 0 Å². The monoisotopic (exact) mass is 275 g/mol. The Morgan fingerprint density at radius 1 is 1.50 bits per heavy atom. The van der Waals surface area contributed by atoms with Crippen LogP contribution < -0.4 is 11.1 Å². The second-order valence-corrected chi connectivity index (χ2v) is 6.10. The fourth-order valence-electron chi connectivity index (χ4n) is 3.08. The van der Waals surface area contributed by atoms with Gasteiger partial charge in [0, 0.05) is 24.1 Å². The average Bonchev–Trinajstić information content (AvgIpc) is 2.38. The first-order valence-electron chi connectivity index (χ1n) is 7.56. The van der Waals surface area contributed by atoms with E-state index in [-0.39, 0.29) is 5.91 Å². The summed E-state index contributed by atoms with van der Waals surface area (Å²) in [4.78, 5) is 16.2. The fraction of sp³-hybridized carbons (Fsp3) is 0.625. The quantitative estimate of drug-likeness (QED) is 0.887. The van der Waals surface area contributed by atoms with E-state index in [0.29, 0.717) is 11.3 Å². The first kappa shape index (κ1) is 14.8. The lowest BCUT2D eigenvalue weighted by atomic mass is 9.81. The van der Waals surface area contributed by atoms with Gasteiger partial charge in [0.2, 0.25) is 0 Å². The van der Waals surface area contributed by atoms with Gasteiger partial charge >= 0.3 is 0 Å². The zero-order valence-corrected chi connectivity index (χ0v) is 12.5. The van der Waals surface area contributed by atoms with Crippen molar-refractivity contribution in [3.05, 3.63) is 23.5 Å². The van der Waals surface area contributed by atoms with E-state index in [4.69, 9.17) is 5.73 Å². The molecule has 0 aliphatic heterocycles. The number of carbonyl (C=O) groups excluding carboxylic acids is 1. The highest BCUT2D eigenvalue weighted by atomic mass is 16.1. The van der Waals surface area contributed by atoms with Crippen molar-refractivity contribution in [3.63, 3.8) is 0 Å². The van der Waals surface area contributed by atoms with Gasteiger partial charge in [-0.3, -0.25) is 9.78 Å². The van der Waals surface area contributed by atoms with E-state index in [1.165, 1.54) is 25.7 Å². The minimum atomic E-state index is -0.112. The lowest BCUT2D eigenvalue weighted by Crippen LogP contribution is -2.28. The van der Waals surface area contributed by atoms with Crippen LogP contribution in [0, 0.1) is 18.8 Å². The fourth-order valence-corrected chi connectivity index (χ4v) is 3.08. The number of aryl methyl sites for hydroxylation is 1. The zero-order valence-electron chi connectivity index (χ0n) is 12.5. The molecule has 2 rings (SSSR count). The van der Waals surface area contributed by atoms with Gasteiger partial charge in [-0.2, -0.15) is 0 Å². The predicted molar refractivity (Wildman–Crippen MR) is 81.5 cm³/mol. The van der Waals surface area contributed by atoms with Gasteiger partial charge in [0.15, 0.2) is 0 Å². The summed E-state index contributed by atoms with van der Waals surface area (Å²) in [6, 6.07) is 1.73. The van der Waals surface area contributed by atoms with Crippen LogP contribution in [0.1, 0.15) is 55.1 Å². The highest BCUT2D eigenvalue weighted by Crippen LogP contribution is 2.30. The van der Waals surface area contributed by atoms with E-state index in [1.807, 2.05) is 6.92 Å². The molecule has 1 aliphatic rings. The third kappa shape index (κ3) is 3.95. The average molecular weight is 275 g/mol. The van der Waals surface area contributed by atoms with Crippen molar-refractivity contribution < 1.29 is 4.79 Å². The molecule has 3 N–H and O–H groups in total. The number of amides is 1. The molecule has 0 radical (unpaired) electrons. The van der Waals surface area contributed by atoms with E-state index in [9.17, 15) is 4.79 Å². The molecule has 1 aromatic heterocycles. The van der Waals surface area contributed by atoms with Crippen LogP contribution in [0.3, 0.4) is 0 Å². The van der Waals surface area contributed by atoms with Gasteiger partial charge < -0.3 is 11.1 Å². The number of nitrogens with one attached hydrogen (secondary N) is 1. The maximum Gasteiger partial charge on any atom is 0.254 e. The van der Waals surface area contributed by atoms with Crippen molar-refractivity contribution in [3.8, 4) is 0 Å². The van der Waals surface area contributed by atoms with Crippen molar-refractivity contribution in [2.75, 3.05) is 12.3 Å². The predicted octanol–water partition coefficient (Wildman–Crippen LogP) is 2.92. The zero-order chi connectivity index (χ0) is 14.5. The molecule has 0 aromatic carbocycles. The molecule has 2 atom stereocenters. The molecule has 1 aliphatic carbocycles. The second kappa shape index (κ2) is 6.73. The van der Waals surface area contributed by atoms with Gasteiger partial charge in [0.05, 0.1) is 5.56 Å². The van der Waals surface area contributed by atoms with Crippen LogP contribution >= 0.6 is 0 Å². The van der Waals surface area contributed by atoms with E-state index >= 15 is 0 Å². The van der Waals surface area contributed by atoms with Crippen LogP contribution in [0.15, 0.2) is 12.3 Å². The van der Waals surface area contributed by atoms with E-state index in [1.54, 1.807) is 12.3 Å². The Balaban J connectivity index is 1.80. The van der Waals surface area contributed by atoms with Crippen LogP contribution in [0.25, 0.3) is 0 Å². The van der Waals surface area contributed by atoms with Gasteiger partial charge in [-0.1, -0.05) is 26.2 Å². The largest absolute Gasteiger partial charge is 0.398 e. The minimum absolute atomic E-state index is 0.112. The number of carbonyl (C=O) groups is 1. The molecule has 4 heteroatoms. The summed E-state index contributed by atoms with van der Waals surface area (Å²) < 4.78 is 0. The summed E-state index contributed by atoms with van der Waals surface area (Å²) in [5.41, 5.74) is 7.66. The van der Waals surface area contributed by atoms with E-state index in [0.717, 1.165) is 30.5 Å². The number of anilines is 1. The Hall–Kier alpha value is -1.58. The summed E-state index contributed by atoms with van der Waals surface area (Å²) >= 11 is 0. The van der Waals surface area contributed by atoms with Crippen LogP contribution in [-0.4, -0.2) is 17.4 Å². The number of hydrogen-bond donors (Lipinski definition) is 2. The van der Waals surface area contributed by atoms with Crippen molar-refractivity contribution in [1.82, 2.24) is 10.3 Å². The number of aromatic nitrogens is 1. The van der Waals surface area contributed by atoms with Gasteiger partial charge in [0.25, 0.3) is 5.91 Å². The molecule has 1 aromatic rings. The molecule has 20 heavy (non-hydrogen) atoms. The molecule has 4 nitrogen and oxygen atoms in total. The third-order valence-electron chi connectivity index (χ3n) is 4.20. The molecular weight excluding hydrogens is 250 g/mol. The number of nitrogens with two attached hydrogens (primary N) is 1. The number of rotatable bonds is 4. The molecule has 2 unspecified atom stereocenters. The third-order valence-corrected chi connectivity index (χ3v) is 4.20. The van der Waals surface area contributed by atoms with Crippen molar-refractivity contribution in [2.24, 2.45) is 11.8 Å². The highest BCUT2D eigenvalue weighted by molar-refractivity contribution is 5.98. The molecule has 110 valence electrons. The van der Waals surface area contributed by atoms with Crippen LogP contribution in [0.2, 0.25) is 0 Å². The Morgan fingerprint density at radius 2 is 2.30 bits per heavy atom. The standard InChI is InChI=1S/C16H25N3O/c1-11-4-3-5-13(8-11)6-7-18-16(20)14-10-19-12(2)9-15(14)17/h9-11,13H,3-8H2,1-2H3,(H2,17,19)(H,18,20). The van der Waals surface area contributed by atoms with E-state index < -0.39 is 0 Å². The van der Waals surface area contributed by atoms with Crippen LogP contribution in [0.5, 0.6) is 0 Å². The maximum absolute atomic E-state index is 12.1. The normalized spacial score (nSPS) is 22.5. The molecular formula is C16H25N3O. The summed E-state index contributed by atoms with van der Waals surface area (Å²) in [5, 5.41) is 2.96. The number of hydrogen-bond acceptors (Lipinski definition) is 3. The summed E-state index contributed by atoms with van der Waals surface area (Å²) in [6.07, 6.45) is 7.90. The Morgan fingerprint density at radius 3 is 3.00 bits per heavy atom. The molecule has 1 saturated carbocycles. The lowest BCUT2D eigenvalue weighted by Gasteiger charge is -2.26. The van der Waals surface area contributed by atoms with Crippen LogP contribution in [0.4, 0.5) is 5.69 Å². The topological polar surface area (TPSA) is 68.0 Å². The second-order valence-electron chi connectivity index (χ2n) is 6.10. The smallest absolute Gasteiger partial charge is 0.254 e. The first-order valence-corrected chi connectivity index (χ1v) is 7.56. The van der Waals surface area contributed by atoms with Gasteiger partial charge in [-0.15, -0.1) is 0 Å².